The molecule has 1 aliphatic heterocycles. The van der Waals surface area contributed by atoms with E-state index in [0.717, 1.165) is 32.2 Å². The molecule has 2 unspecified atom stereocenters. The van der Waals surface area contributed by atoms with Gasteiger partial charge in [0.05, 0.1) is 17.1 Å². The summed E-state index contributed by atoms with van der Waals surface area (Å²) in [6, 6.07) is 2.12. The molecule has 0 spiro atoms. The quantitative estimate of drug-likeness (QED) is 0.692. The second-order valence-corrected chi connectivity index (χ2v) is 4.83. The highest BCUT2D eigenvalue weighted by atomic mass is 32.2. The highest BCUT2D eigenvalue weighted by Crippen LogP contribution is 2.18. The Kier molecular flexibility index (Phi) is 4.40. The van der Waals surface area contributed by atoms with Crippen LogP contribution in [0.4, 0.5) is 0 Å². The zero-order chi connectivity index (χ0) is 9.68. The van der Waals surface area contributed by atoms with E-state index in [2.05, 4.69) is 6.07 Å². The van der Waals surface area contributed by atoms with Crippen molar-refractivity contribution in [3.8, 4) is 6.07 Å². The van der Waals surface area contributed by atoms with Gasteiger partial charge in [-0.1, -0.05) is 6.92 Å². The molecule has 0 saturated carbocycles. The Labute approximate surface area is 82.3 Å². The smallest absolute Gasteiger partial charge is 0.109 e. The Hall–Kier alpha value is -0.400. The fraction of sp³-hybridized carbons (Fsp3) is 0.889. The van der Waals surface area contributed by atoms with E-state index in [4.69, 9.17) is 5.26 Å². The molecule has 0 aliphatic carbocycles. The van der Waals surface area contributed by atoms with Gasteiger partial charge in [0.1, 0.15) is 6.04 Å². The maximum absolute atomic E-state index is 11.7. The number of rotatable bonds is 3. The second kappa shape index (κ2) is 5.36. The maximum atomic E-state index is 11.7. The van der Waals surface area contributed by atoms with E-state index >= 15 is 0 Å². The summed E-state index contributed by atoms with van der Waals surface area (Å²) in [7, 11) is -0.926. The molecule has 4 heteroatoms. The van der Waals surface area contributed by atoms with Crippen LogP contribution in [0.15, 0.2) is 0 Å². The lowest BCUT2D eigenvalue weighted by molar-refractivity contribution is 0.312. The van der Waals surface area contributed by atoms with Gasteiger partial charge >= 0.3 is 0 Å². The molecule has 1 aliphatic rings. The molecule has 74 valence electrons. The largest absolute Gasteiger partial charge is 0.243 e. The first-order valence-corrected chi connectivity index (χ1v) is 6.12. The maximum Gasteiger partial charge on any atom is 0.109 e. The van der Waals surface area contributed by atoms with Crippen LogP contribution in [0.1, 0.15) is 32.6 Å². The van der Waals surface area contributed by atoms with Gasteiger partial charge in [0.2, 0.25) is 0 Å². The third kappa shape index (κ3) is 2.78. The van der Waals surface area contributed by atoms with E-state index in [0.29, 0.717) is 5.75 Å². The van der Waals surface area contributed by atoms with Crippen LogP contribution >= 0.6 is 0 Å². The predicted molar refractivity (Wildman–Crippen MR) is 53.3 cm³/mol. The van der Waals surface area contributed by atoms with Crippen molar-refractivity contribution in [2.75, 3.05) is 12.3 Å². The summed E-state index contributed by atoms with van der Waals surface area (Å²) in [5.41, 5.74) is 0. The molecular weight excluding hydrogens is 184 g/mol. The summed E-state index contributed by atoms with van der Waals surface area (Å²) in [5.74, 6) is 0.693. The molecule has 1 fully saturated rings. The molecule has 0 aromatic rings. The molecule has 1 heterocycles. The summed E-state index contributed by atoms with van der Waals surface area (Å²) < 4.78 is 13.5. The van der Waals surface area contributed by atoms with Gasteiger partial charge in [0, 0.05) is 12.3 Å². The molecule has 1 rings (SSSR count). The van der Waals surface area contributed by atoms with Crippen molar-refractivity contribution in [2.24, 2.45) is 0 Å². The van der Waals surface area contributed by atoms with Crippen LogP contribution in [0, 0.1) is 11.3 Å². The van der Waals surface area contributed by atoms with Crippen molar-refractivity contribution in [2.45, 2.75) is 38.6 Å². The van der Waals surface area contributed by atoms with Gasteiger partial charge in [0.15, 0.2) is 0 Å². The van der Waals surface area contributed by atoms with E-state index in [1.165, 1.54) is 0 Å². The Morgan fingerprint density at radius 3 is 3.00 bits per heavy atom. The van der Waals surface area contributed by atoms with Crippen LogP contribution in [-0.2, 0) is 11.0 Å². The van der Waals surface area contributed by atoms with Crippen LogP contribution in [0.3, 0.4) is 0 Å². The normalized spacial score (nSPS) is 26.6. The predicted octanol–water partition coefficient (Wildman–Crippen LogP) is 1.44. The molecule has 3 nitrogen and oxygen atoms in total. The van der Waals surface area contributed by atoms with Gasteiger partial charge < -0.3 is 0 Å². The molecule has 0 aromatic carbocycles. The Bertz CT molecular complexity index is 224. The minimum Gasteiger partial charge on any atom is -0.243 e. The Morgan fingerprint density at radius 1 is 1.62 bits per heavy atom. The summed E-state index contributed by atoms with van der Waals surface area (Å²) in [4.78, 5) is 0. The summed E-state index contributed by atoms with van der Waals surface area (Å²) in [6.07, 6.45) is 3.97. The molecular formula is C9H16N2OS. The van der Waals surface area contributed by atoms with Crippen LogP contribution in [0.25, 0.3) is 0 Å². The minimum atomic E-state index is -0.926. The van der Waals surface area contributed by atoms with Crippen LogP contribution in [0.2, 0.25) is 0 Å². The number of nitrogens with zero attached hydrogens (tertiary/aromatic N) is 2. The van der Waals surface area contributed by atoms with Crippen molar-refractivity contribution in [1.29, 1.82) is 5.26 Å². The van der Waals surface area contributed by atoms with Crippen LogP contribution in [-0.4, -0.2) is 26.9 Å². The lowest BCUT2D eigenvalue weighted by Gasteiger charge is -2.29. The van der Waals surface area contributed by atoms with E-state index in [1.54, 1.807) is 0 Å². The van der Waals surface area contributed by atoms with E-state index in [-0.39, 0.29) is 6.04 Å². The Morgan fingerprint density at radius 2 is 2.38 bits per heavy atom. The van der Waals surface area contributed by atoms with Crippen molar-refractivity contribution >= 4 is 11.0 Å². The monoisotopic (exact) mass is 200 g/mol. The number of nitriles is 1. The van der Waals surface area contributed by atoms with Crippen molar-refractivity contribution in [3.63, 3.8) is 0 Å². The minimum absolute atomic E-state index is 0.110. The first kappa shape index (κ1) is 10.7. The standard InChI is InChI=1S/C9H16N2OS/c1-2-7-13(12)11-6-4-3-5-9(11)8-10/h9H,2-7H2,1H3. The topological polar surface area (TPSA) is 44.1 Å². The molecule has 0 bridgehead atoms. The number of piperidine rings is 1. The van der Waals surface area contributed by atoms with Crippen molar-refractivity contribution < 1.29 is 4.21 Å². The van der Waals surface area contributed by atoms with Crippen molar-refractivity contribution in [1.82, 2.24) is 4.31 Å². The highest BCUT2D eigenvalue weighted by molar-refractivity contribution is 7.82. The van der Waals surface area contributed by atoms with E-state index < -0.39 is 11.0 Å². The molecule has 0 N–H and O–H groups in total. The number of hydrogen-bond donors (Lipinski definition) is 0. The molecule has 0 radical (unpaired) electrons. The average Bonchev–Trinajstić information content (AvgIpc) is 2.18. The molecule has 13 heavy (non-hydrogen) atoms. The molecule has 0 aromatic heterocycles. The Balaban J connectivity index is 2.54. The second-order valence-electron chi connectivity index (χ2n) is 3.31. The fourth-order valence-corrected chi connectivity index (χ4v) is 2.92. The molecule has 1 saturated heterocycles. The average molecular weight is 200 g/mol. The summed E-state index contributed by atoms with van der Waals surface area (Å²) >= 11 is 0. The SMILES string of the molecule is CCCS(=O)N1CCCCC1C#N. The van der Waals surface area contributed by atoms with Gasteiger partial charge in [-0.25, -0.2) is 8.51 Å². The zero-order valence-electron chi connectivity index (χ0n) is 8.03. The van der Waals surface area contributed by atoms with Gasteiger partial charge in [-0.15, -0.1) is 0 Å². The third-order valence-electron chi connectivity index (χ3n) is 2.24. The van der Waals surface area contributed by atoms with Gasteiger partial charge in [-0.05, 0) is 25.7 Å². The zero-order valence-corrected chi connectivity index (χ0v) is 8.85. The van der Waals surface area contributed by atoms with Crippen LogP contribution < -0.4 is 0 Å². The molecule has 0 amide bonds. The van der Waals surface area contributed by atoms with Crippen molar-refractivity contribution in [3.05, 3.63) is 0 Å². The lowest BCUT2D eigenvalue weighted by atomic mass is 10.1. The van der Waals surface area contributed by atoms with Gasteiger partial charge in [-0.3, -0.25) is 0 Å². The van der Waals surface area contributed by atoms with E-state index in [9.17, 15) is 4.21 Å². The van der Waals surface area contributed by atoms with E-state index in [1.807, 2.05) is 11.2 Å². The summed E-state index contributed by atoms with van der Waals surface area (Å²) in [6.45, 7) is 2.84. The lowest BCUT2D eigenvalue weighted by Crippen LogP contribution is -2.40. The van der Waals surface area contributed by atoms with Crippen LogP contribution in [0.5, 0.6) is 0 Å². The first-order valence-electron chi connectivity index (χ1n) is 4.84. The summed E-state index contributed by atoms with van der Waals surface area (Å²) in [5, 5.41) is 8.85. The number of hydrogen-bond acceptors (Lipinski definition) is 2. The fourth-order valence-electron chi connectivity index (χ4n) is 1.57. The van der Waals surface area contributed by atoms with Gasteiger partial charge in [0.25, 0.3) is 0 Å². The highest BCUT2D eigenvalue weighted by Gasteiger charge is 2.25. The third-order valence-corrected chi connectivity index (χ3v) is 3.96. The first-order chi connectivity index (χ1) is 6.29. The molecule has 2 atom stereocenters. The van der Waals surface area contributed by atoms with Gasteiger partial charge in [-0.2, -0.15) is 5.26 Å².